The number of benzene rings is 2. The Bertz CT molecular complexity index is 1340. The van der Waals surface area contributed by atoms with E-state index in [0.29, 0.717) is 10.7 Å². The number of hydrogen-bond donors (Lipinski definition) is 1. The zero-order chi connectivity index (χ0) is 23.9. The summed E-state index contributed by atoms with van der Waals surface area (Å²) in [6, 6.07) is 13.7. The predicted octanol–water partition coefficient (Wildman–Crippen LogP) is 5.28. The average molecular weight is 462 g/mol. The lowest BCUT2D eigenvalue weighted by atomic mass is 10.0. The first-order chi connectivity index (χ1) is 15.7. The van der Waals surface area contributed by atoms with Crippen molar-refractivity contribution < 1.29 is 14.4 Å². The van der Waals surface area contributed by atoms with Crippen LogP contribution in [0.1, 0.15) is 35.0 Å². The molecule has 1 aromatic heterocycles. The third-order valence-electron chi connectivity index (χ3n) is 5.86. The summed E-state index contributed by atoms with van der Waals surface area (Å²) < 4.78 is 2.14. The number of carbonyl (C=O) groups is 3. The van der Waals surface area contributed by atoms with Crippen LogP contribution >= 0.6 is 11.6 Å². The second-order valence-electron chi connectivity index (χ2n) is 8.04. The molecule has 0 saturated carbocycles. The molecule has 0 unspecified atom stereocenters. The van der Waals surface area contributed by atoms with Crippen LogP contribution in [0.2, 0.25) is 5.02 Å². The van der Waals surface area contributed by atoms with E-state index in [4.69, 9.17) is 11.6 Å². The van der Waals surface area contributed by atoms with Gasteiger partial charge in [0.2, 0.25) is 0 Å². The third kappa shape index (κ3) is 3.98. The number of barbiturate groups is 1. The standard InChI is InChI=1S/C26H24ClN3O3/c1-5-18-9-6-8-15(2)23(18)29-16(3)12-19(17(29)4)13-22-24(31)28-26(33)30(25(22)32)21-11-7-10-20(27)14-21/h6-14H,5H2,1-4H3,(H,28,31,33)/b22-13+. The molecular formula is C26H24ClN3O3. The second kappa shape index (κ2) is 8.71. The monoisotopic (exact) mass is 461 g/mol. The largest absolute Gasteiger partial charge is 0.335 e. The third-order valence-corrected chi connectivity index (χ3v) is 6.10. The summed E-state index contributed by atoms with van der Waals surface area (Å²) in [5, 5.41) is 2.64. The van der Waals surface area contributed by atoms with Gasteiger partial charge in [0.1, 0.15) is 5.57 Å². The molecule has 2 heterocycles. The number of nitrogens with zero attached hydrogens (tertiary/aromatic N) is 2. The van der Waals surface area contributed by atoms with Crippen molar-refractivity contribution in [1.29, 1.82) is 0 Å². The molecule has 1 saturated heterocycles. The Morgan fingerprint density at radius 1 is 1.00 bits per heavy atom. The van der Waals surface area contributed by atoms with Gasteiger partial charge in [-0.25, -0.2) is 9.69 Å². The summed E-state index contributed by atoms with van der Waals surface area (Å²) in [4.78, 5) is 39.2. The van der Waals surface area contributed by atoms with E-state index in [0.717, 1.165) is 39.5 Å². The number of aryl methyl sites for hydroxylation is 3. The van der Waals surface area contributed by atoms with E-state index in [1.54, 1.807) is 24.3 Å². The summed E-state index contributed by atoms with van der Waals surface area (Å²) in [6.07, 6.45) is 2.42. The first kappa shape index (κ1) is 22.6. The van der Waals surface area contributed by atoms with Gasteiger partial charge in [-0.1, -0.05) is 42.8 Å². The van der Waals surface area contributed by atoms with Crippen molar-refractivity contribution in [3.05, 3.63) is 87.2 Å². The van der Waals surface area contributed by atoms with Crippen LogP contribution in [-0.2, 0) is 16.0 Å². The smallest absolute Gasteiger partial charge is 0.317 e. The van der Waals surface area contributed by atoms with Crippen LogP contribution < -0.4 is 10.2 Å². The SMILES string of the molecule is CCc1cccc(C)c1-n1c(C)cc(/C=C2\C(=O)NC(=O)N(c3cccc(Cl)c3)C2=O)c1C. The predicted molar refractivity (Wildman–Crippen MR) is 130 cm³/mol. The van der Waals surface area contributed by atoms with Gasteiger partial charge >= 0.3 is 6.03 Å². The molecule has 4 rings (SSSR count). The summed E-state index contributed by atoms with van der Waals surface area (Å²) in [5.74, 6) is -1.42. The fraction of sp³-hybridized carbons (Fsp3) is 0.192. The van der Waals surface area contributed by atoms with Crippen molar-refractivity contribution in [3.8, 4) is 5.69 Å². The molecule has 6 nitrogen and oxygen atoms in total. The minimum atomic E-state index is -0.803. The Morgan fingerprint density at radius 3 is 2.42 bits per heavy atom. The highest BCUT2D eigenvalue weighted by molar-refractivity contribution is 6.39. The number of rotatable bonds is 4. The number of aromatic nitrogens is 1. The Balaban J connectivity index is 1.81. The molecule has 0 spiro atoms. The number of imide groups is 2. The maximum Gasteiger partial charge on any atom is 0.335 e. The molecule has 1 aliphatic heterocycles. The van der Waals surface area contributed by atoms with Crippen molar-refractivity contribution in [2.45, 2.75) is 34.1 Å². The number of halogens is 1. The first-order valence-electron chi connectivity index (χ1n) is 10.7. The van der Waals surface area contributed by atoms with Gasteiger partial charge in [-0.2, -0.15) is 0 Å². The lowest BCUT2D eigenvalue weighted by molar-refractivity contribution is -0.122. The van der Waals surface area contributed by atoms with Crippen molar-refractivity contribution in [3.63, 3.8) is 0 Å². The highest BCUT2D eigenvalue weighted by atomic mass is 35.5. The molecule has 1 fully saturated rings. The lowest BCUT2D eigenvalue weighted by Crippen LogP contribution is -2.54. The molecule has 4 amide bonds. The maximum absolute atomic E-state index is 13.2. The molecule has 0 aliphatic carbocycles. The van der Waals surface area contributed by atoms with E-state index in [1.807, 2.05) is 26.0 Å². The van der Waals surface area contributed by atoms with Crippen LogP contribution in [0.5, 0.6) is 0 Å². The maximum atomic E-state index is 13.2. The van der Waals surface area contributed by atoms with Gasteiger partial charge in [-0.15, -0.1) is 0 Å². The summed E-state index contributed by atoms with van der Waals surface area (Å²) in [5.41, 5.74) is 6.24. The Labute approximate surface area is 197 Å². The quantitative estimate of drug-likeness (QED) is 0.424. The van der Waals surface area contributed by atoms with Gasteiger partial charge in [0.25, 0.3) is 11.8 Å². The molecule has 33 heavy (non-hydrogen) atoms. The van der Waals surface area contributed by atoms with Crippen molar-refractivity contribution >= 4 is 41.2 Å². The van der Waals surface area contributed by atoms with Gasteiger partial charge in [0.15, 0.2) is 0 Å². The topological polar surface area (TPSA) is 71.4 Å². The van der Waals surface area contributed by atoms with Crippen LogP contribution in [-0.4, -0.2) is 22.4 Å². The number of anilines is 1. The minimum absolute atomic E-state index is 0.115. The van der Waals surface area contributed by atoms with E-state index in [-0.39, 0.29) is 5.57 Å². The molecule has 7 heteroatoms. The Morgan fingerprint density at radius 2 is 1.73 bits per heavy atom. The van der Waals surface area contributed by atoms with Gasteiger partial charge < -0.3 is 4.57 Å². The lowest BCUT2D eigenvalue weighted by Gasteiger charge is -2.26. The van der Waals surface area contributed by atoms with E-state index in [2.05, 4.69) is 35.9 Å². The molecule has 3 aromatic rings. The number of urea groups is 1. The molecule has 0 atom stereocenters. The Kier molecular flexibility index (Phi) is 5.95. The number of carbonyl (C=O) groups excluding carboxylic acids is 3. The normalized spacial score (nSPS) is 15.4. The van der Waals surface area contributed by atoms with E-state index < -0.39 is 17.8 Å². The summed E-state index contributed by atoms with van der Waals surface area (Å²) in [7, 11) is 0. The zero-order valence-corrected chi connectivity index (χ0v) is 19.7. The average Bonchev–Trinajstić information content (AvgIpc) is 3.03. The summed E-state index contributed by atoms with van der Waals surface area (Å²) >= 11 is 6.04. The molecule has 0 bridgehead atoms. The number of para-hydroxylation sites is 1. The molecule has 2 aromatic carbocycles. The van der Waals surface area contributed by atoms with Gasteiger partial charge in [0, 0.05) is 16.4 Å². The highest BCUT2D eigenvalue weighted by Gasteiger charge is 2.37. The van der Waals surface area contributed by atoms with Crippen LogP contribution in [0.25, 0.3) is 11.8 Å². The summed E-state index contributed by atoms with van der Waals surface area (Å²) in [6.45, 7) is 8.13. The minimum Gasteiger partial charge on any atom is -0.317 e. The van der Waals surface area contributed by atoms with Crippen molar-refractivity contribution in [1.82, 2.24) is 9.88 Å². The molecule has 1 aliphatic rings. The Hall–Kier alpha value is -3.64. The number of amides is 4. The number of hydrogen-bond acceptors (Lipinski definition) is 3. The molecule has 0 radical (unpaired) electrons. The van der Waals surface area contributed by atoms with Crippen LogP contribution in [0.3, 0.4) is 0 Å². The fourth-order valence-corrected chi connectivity index (χ4v) is 4.45. The zero-order valence-electron chi connectivity index (χ0n) is 18.9. The first-order valence-corrected chi connectivity index (χ1v) is 11.1. The van der Waals surface area contributed by atoms with Crippen molar-refractivity contribution in [2.24, 2.45) is 0 Å². The van der Waals surface area contributed by atoms with E-state index in [9.17, 15) is 14.4 Å². The van der Waals surface area contributed by atoms with E-state index >= 15 is 0 Å². The highest BCUT2D eigenvalue weighted by Crippen LogP contribution is 2.29. The van der Waals surface area contributed by atoms with Crippen molar-refractivity contribution in [2.75, 3.05) is 4.90 Å². The molecule has 1 N–H and O–H groups in total. The van der Waals surface area contributed by atoms with E-state index in [1.165, 1.54) is 11.6 Å². The second-order valence-corrected chi connectivity index (χ2v) is 8.47. The number of nitrogens with one attached hydrogen (secondary N) is 1. The molecule has 168 valence electrons. The van der Waals surface area contributed by atoms with Gasteiger partial charge in [0.05, 0.1) is 11.4 Å². The molecular weight excluding hydrogens is 438 g/mol. The van der Waals surface area contributed by atoms with Gasteiger partial charge in [-0.05, 0) is 74.2 Å². The van der Waals surface area contributed by atoms with Crippen LogP contribution in [0.4, 0.5) is 10.5 Å². The fourth-order valence-electron chi connectivity index (χ4n) is 4.27. The van der Waals surface area contributed by atoms with Crippen LogP contribution in [0, 0.1) is 20.8 Å². The van der Waals surface area contributed by atoms with Gasteiger partial charge in [-0.3, -0.25) is 14.9 Å². The van der Waals surface area contributed by atoms with Crippen LogP contribution in [0.15, 0.2) is 54.1 Å².